The van der Waals surface area contributed by atoms with Gasteiger partial charge in [0.05, 0.1) is 15.2 Å². The van der Waals surface area contributed by atoms with Crippen molar-refractivity contribution >= 4 is 32.2 Å². The molecule has 1 aromatic carbocycles. The minimum Gasteiger partial charge on any atom is -0.286 e. The van der Waals surface area contributed by atoms with E-state index in [4.69, 9.17) is 0 Å². The van der Waals surface area contributed by atoms with Crippen molar-refractivity contribution in [1.29, 1.82) is 0 Å². The largest absolute Gasteiger partial charge is 0.445 e. The molecule has 14 heteroatoms. The van der Waals surface area contributed by atoms with Crippen molar-refractivity contribution in [2.45, 2.75) is 49.7 Å². The molecule has 178 valence electrons. The van der Waals surface area contributed by atoms with Gasteiger partial charge in [0.2, 0.25) is 16.0 Å². The molecule has 6 nitrogen and oxygen atoms in total. The summed E-state index contributed by atoms with van der Waals surface area (Å²) in [7, 11) is -4.34. The molecule has 1 aliphatic rings. The molecule has 3 rings (SSSR count). The monoisotopic (exact) mass is 503 g/mol. The molecular weight excluding hydrogens is 484 g/mol. The lowest BCUT2D eigenvalue weighted by molar-refractivity contribution is -0.138. The van der Waals surface area contributed by atoms with Crippen molar-refractivity contribution in [3.63, 3.8) is 0 Å². The number of alkyl halides is 6. The molecule has 1 fully saturated rings. The normalized spacial score (nSPS) is 18.1. The minimum atomic E-state index is -4.75. The molecule has 2 aromatic rings. The zero-order valence-electron chi connectivity index (χ0n) is 16.0. The van der Waals surface area contributed by atoms with Gasteiger partial charge in [0.25, 0.3) is 0 Å². The highest BCUT2D eigenvalue weighted by Crippen LogP contribution is 2.42. The summed E-state index contributed by atoms with van der Waals surface area (Å²) in [6.07, 6.45) is -9.82. The fraction of sp³-hybridized carbons (Fsp3) is 0.500. The fourth-order valence-electron chi connectivity index (χ4n) is 3.16. The quantitative estimate of drug-likeness (QED) is 0.559. The summed E-state index contributed by atoms with van der Waals surface area (Å²) in [6.45, 7) is 2.27. The van der Waals surface area contributed by atoms with Gasteiger partial charge in [0.1, 0.15) is 0 Å². The summed E-state index contributed by atoms with van der Waals surface area (Å²) >= 11 is 0.145. The first-order chi connectivity index (χ1) is 14.0. The zero-order chi connectivity index (χ0) is 23.4. The van der Waals surface area contributed by atoms with Crippen molar-refractivity contribution in [1.82, 2.24) is 10.2 Å². The van der Waals surface area contributed by atoms with E-state index in [2.05, 4.69) is 10.2 Å². The molecule has 2 heterocycles. The third-order valence-electron chi connectivity index (χ3n) is 5.16. The van der Waals surface area contributed by atoms with Crippen LogP contribution >= 0.6 is 11.3 Å². The third kappa shape index (κ3) is 4.60. The van der Waals surface area contributed by atoms with Crippen molar-refractivity contribution in [3.05, 3.63) is 34.8 Å². The molecule has 0 spiro atoms. The number of carbonyl (C=O) groups excluding carboxylic acids is 1. The van der Waals surface area contributed by atoms with Gasteiger partial charge >= 0.3 is 12.4 Å². The summed E-state index contributed by atoms with van der Waals surface area (Å²) in [5, 5.41) is 4.80. The number of hydrogen-bond donors (Lipinski definition) is 0. The molecule has 1 saturated heterocycles. The number of sulfone groups is 1. The van der Waals surface area contributed by atoms with Crippen LogP contribution < -0.4 is 4.90 Å². The first-order valence-electron chi connectivity index (χ1n) is 8.68. The van der Waals surface area contributed by atoms with E-state index in [1.807, 2.05) is 0 Å². The van der Waals surface area contributed by atoms with Crippen LogP contribution in [0.5, 0.6) is 0 Å². The van der Waals surface area contributed by atoms with E-state index in [1.165, 1.54) is 13.8 Å². The Kier molecular flexibility index (Phi) is 6.74. The van der Waals surface area contributed by atoms with Crippen molar-refractivity contribution in [2.75, 3.05) is 11.4 Å². The Morgan fingerprint density at radius 3 is 2.22 bits per heavy atom. The molecule has 1 aromatic heterocycles. The van der Waals surface area contributed by atoms with E-state index in [0.29, 0.717) is 6.07 Å². The Bertz CT molecular complexity index is 1110. The maximum Gasteiger partial charge on any atom is 0.445 e. The van der Waals surface area contributed by atoms with E-state index >= 15 is 0 Å². The molecular formula is C18H19F6N3O3S2. The Balaban J connectivity index is 0.00000363. The highest BCUT2D eigenvalue weighted by Gasteiger charge is 2.49. The Morgan fingerprint density at radius 2 is 1.69 bits per heavy atom. The van der Waals surface area contributed by atoms with E-state index < -0.39 is 54.2 Å². The SMILES string of the molecule is C.CC(C)([C@H]1CC(=O)N(c2nnc(C(F)(F)F)s2)C1)S(=O)(=O)c1cccc(C(F)(F)F)c1. The smallest absolute Gasteiger partial charge is 0.286 e. The Hall–Kier alpha value is -2.22. The van der Waals surface area contributed by atoms with Gasteiger partial charge in [0.15, 0.2) is 9.84 Å². The fourth-order valence-corrected chi connectivity index (χ4v) is 5.64. The first kappa shape index (κ1) is 26.0. The van der Waals surface area contributed by atoms with Crippen LogP contribution in [0.15, 0.2) is 29.2 Å². The molecule has 1 amide bonds. The molecule has 0 aliphatic carbocycles. The van der Waals surface area contributed by atoms with Crippen LogP contribution in [0.4, 0.5) is 31.5 Å². The molecule has 0 bridgehead atoms. The molecule has 1 aliphatic heterocycles. The van der Waals surface area contributed by atoms with E-state index in [0.717, 1.165) is 23.1 Å². The van der Waals surface area contributed by atoms with Gasteiger partial charge in [-0.1, -0.05) is 24.8 Å². The number of rotatable bonds is 4. The molecule has 0 N–H and O–H groups in total. The van der Waals surface area contributed by atoms with Gasteiger partial charge in [-0.25, -0.2) is 8.42 Å². The second kappa shape index (κ2) is 8.28. The predicted molar refractivity (Wildman–Crippen MR) is 105 cm³/mol. The summed E-state index contributed by atoms with van der Waals surface area (Å²) in [4.78, 5) is 12.7. The van der Waals surface area contributed by atoms with Gasteiger partial charge < -0.3 is 0 Å². The molecule has 1 atom stereocenters. The number of nitrogens with zero attached hydrogens (tertiary/aromatic N) is 3. The van der Waals surface area contributed by atoms with Crippen LogP contribution in [-0.2, 0) is 27.0 Å². The molecule has 0 unspecified atom stereocenters. The lowest BCUT2D eigenvalue weighted by Crippen LogP contribution is -2.41. The van der Waals surface area contributed by atoms with Gasteiger partial charge in [-0.3, -0.25) is 9.69 Å². The van der Waals surface area contributed by atoms with Crippen molar-refractivity contribution < 1.29 is 39.6 Å². The number of halogens is 6. The van der Waals surface area contributed by atoms with E-state index in [9.17, 15) is 39.6 Å². The third-order valence-corrected chi connectivity index (χ3v) is 8.74. The van der Waals surface area contributed by atoms with Crippen LogP contribution in [0.2, 0.25) is 0 Å². The van der Waals surface area contributed by atoms with Crippen LogP contribution in [0.1, 0.15) is 38.3 Å². The summed E-state index contributed by atoms with van der Waals surface area (Å²) in [6, 6.07) is 3.26. The second-order valence-electron chi connectivity index (χ2n) is 7.43. The van der Waals surface area contributed by atoms with Gasteiger partial charge in [-0.15, -0.1) is 10.2 Å². The van der Waals surface area contributed by atoms with Crippen LogP contribution in [-0.4, -0.2) is 35.8 Å². The molecule has 0 radical (unpaired) electrons. The van der Waals surface area contributed by atoms with E-state index in [1.54, 1.807) is 0 Å². The summed E-state index contributed by atoms with van der Waals surface area (Å²) < 4.78 is 102. The standard InChI is InChI=1S/C17H15F6N3O3S2.CH4/c1-15(2,31(28,29)11-5-3-4-9(6-11)16(18,19)20)10-7-12(27)26(8-10)14-25-24-13(30-14)17(21,22)23;/h3-6,10H,7-8H2,1-2H3;1H4/t10-;/m0./s1. The highest BCUT2D eigenvalue weighted by atomic mass is 32.2. The van der Waals surface area contributed by atoms with Crippen molar-refractivity contribution in [2.24, 2.45) is 5.92 Å². The molecule has 32 heavy (non-hydrogen) atoms. The summed E-state index contributed by atoms with van der Waals surface area (Å²) in [5.41, 5.74) is -1.14. The number of amides is 1. The topological polar surface area (TPSA) is 80.2 Å². The first-order valence-corrected chi connectivity index (χ1v) is 11.0. The van der Waals surface area contributed by atoms with Gasteiger partial charge in [-0.05, 0) is 32.0 Å². The minimum absolute atomic E-state index is 0. The second-order valence-corrected chi connectivity index (χ2v) is 10.9. The Morgan fingerprint density at radius 1 is 1.06 bits per heavy atom. The lowest BCUT2D eigenvalue weighted by Gasteiger charge is -2.31. The number of benzene rings is 1. The van der Waals surface area contributed by atoms with E-state index in [-0.39, 0.29) is 36.9 Å². The van der Waals surface area contributed by atoms with Gasteiger partial charge in [0, 0.05) is 18.9 Å². The van der Waals surface area contributed by atoms with Crippen LogP contribution in [0, 0.1) is 5.92 Å². The highest BCUT2D eigenvalue weighted by molar-refractivity contribution is 7.92. The maximum atomic E-state index is 13.1. The molecule has 0 saturated carbocycles. The maximum absolute atomic E-state index is 13.1. The average molecular weight is 503 g/mol. The zero-order valence-corrected chi connectivity index (χ0v) is 17.6. The number of anilines is 1. The van der Waals surface area contributed by atoms with Gasteiger partial charge in [-0.2, -0.15) is 26.3 Å². The Labute approximate surface area is 184 Å². The number of carbonyl (C=O) groups is 1. The predicted octanol–water partition coefficient (Wildman–Crippen LogP) is 4.82. The number of aromatic nitrogens is 2. The average Bonchev–Trinajstić information content (AvgIpc) is 3.27. The number of hydrogen-bond acceptors (Lipinski definition) is 6. The van der Waals surface area contributed by atoms with Crippen LogP contribution in [0.3, 0.4) is 0 Å². The summed E-state index contributed by atoms with van der Waals surface area (Å²) in [5.74, 6) is -1.56. The van der Waals surface area contributed by atoms with Crippen molar-refractivity contribution in [3.8, 4) is 0 Å². The lowest BCUT2D eigenvalue weighted by atomic mass is 9.94. The van der Waals surface area contributed by atoms with Crippen LogP contribution in [0.25, 0.3) is 0 Å².